The molecule has 0 unspecified atom stereocenters. The Morgan fingerprint density at radius 3 is 2.69 bits per heavy atom. The molecule has 0 bridgehead atoms. The van der Waals surface area contributed by atoms with Crippen LogP contribution in [-0.2, 0) is 6.54 Å². The molecular formula is C12H12N4. The number of nitrogens with zero attached hydrogens (tertiary/aromatic N) is 4. The highest BCUT2D eigenvalue weighted by Crippen LogP contribution is 2.21. The molecule has 0 radical (unpaired) electrons. The van der Waals surface area contributed by atoms with Gasteiger partial charge >= 0.3 is 0 Å². The van der Waals surface area contributed by atoms with E-state index in [1.807, 2.05) is 42.0 Å². The Labute approximate surface area is 93.8 Å². The van der Waals surface area contributed by atoms with Crippen LogP contribution in [0.4, 0.5) is 5.82 Å². The number of benzene rings is 1. The first-order valence-electron chi connectivity index (χ1n) is 5.06. The molecular weight excluding hydrogens is 200 g/mol. The third-order valence-electron chi connectivity index (χ3n) is 2.46. The van der Waals surface area contributed by atoms with Crippen LogP contribution in [0.1, 0.15) is 11.1 Å². The van der Waals surface area contributed by atoms with Crippen molar-refractivity contribution in [2.75, 3.05) is 0 Å². The lowest BCUT2D eigenvalue weighted by Crippen LogP contribution is -1.96. The van der Waals surface area contributed by atoms with E-state index in [4.69, 9.17) is 5.53 Å². The van der Waals surface area contributed by atoms with Crippen LogP contribution in [0, 0.1) is 6.92 Å². The van der Waals surface area contributed by atoms with Crippen LogP contribution in [0.5, 0.6) is 0 Å². The molecule has 4 nitrogen and oxygen atoms in total. The summed E-state index contributed by atoms with van der Waals surface area (Å²) in [4.78, 5) is 2.85. The molecule has 0 amide bonds. The van der Waals surface area contributed by atoms with Crippen LogP contribution in [0.3, 0.4) is 0 Å². The molecule has 0 aliphatic carbocycles. The summed E-state index contributed by atoms with van der Waals surface area (Å²) >= 11 is 0. The van der Waals surface area contributed by atoms with E-state index in [1.165, 1.54) is 5.56 Å². The van der Waals surface area contributed by atoms with E-state index in [-0.39, 0.29) is 0 Å². The van der Waals surface area contributed by atoms with Crippen molar-refractivity contribution in [2.45, 2.75) is 13.5 Å². The smallest absolute Gasteiger partial charge is 0.108 e. The molecule has 0 saturated heterocycles. The molecule has 2 aromatic rings. The van der Waals surface area contributed by atoms with Crippen LogP contribution >= 0.6 is 0 Å². The van der Waals surface area contributed by atoms with Crippen molar-refractivity contribution in [1.29, 1.82) is 0 Å². The lowest BCUT2D eigenvalue weighted by atomic mass is 10.2. The predicted octanol–water partition coefficient (Wildman–Crippen LogP) is 3.79. The van der Waals surface area contributed by atoms with E-state index in [0.29, 0.717) is 5.82 Å². The number of hydrogen-bond acceptors (Lipinski definition) is 1. The summed E-state index contributed by atoms with van der Waals surface area (Å²) in [5.74, 6) is 0.686. The summed E-state index contributed by atoms with van der Waals surface area (Å²) in [6.07, 6.45) is 1.94. The molecule has 1 heterocycles. The lowest BCUT2D eigenvalue weighted by Gasteiger charge is -2.06. The van der Waals surface area contributed by atoms with Gasteiger partial charge in [0, 0.05) is 17.7 Å². The van der Waals surface area contributed by atoms with Gasteiger partial charge in [-0.3, -0.25) is 0 Å². The van der Waals surface area contributed by atoms with Crippen LogP contribution in [0.2, 0.25) is 0 Å². The van der Waals surface area contributed by atoms with Crippen molar-refractivity contribution in [3.8, 4) is 0 Å². The summed E-state index contributed by atoms with van der Waals surface area (Å²) in [5, 5.41) is 3.71. The van der Waals surface area contributed by atoms with Crippen molar-refractivity contribution in [2.24, 2.45) is 5.11 Å². The minimum absolute atomic E-state index is 0.686. The van der Waals surface area contributed by atoms with Crippen molar-refractivity contribution in [1.82, 2.24) is 4.57 Å². The van der Waals surface area contributed by atoms with Gasteiger partial charge in [0.2, 0.25) is 0 Å². The van der Waals surface area contributed by atoms with E-state index < -0.39 is 0 Å². The zero-order valence-electron chi connectivity index (χ0n) is 9.04. The molecule has 1 aromatic heterocycles. The van der Waals surface area contributed by atoms with Crippen LogP contribution in [0.15, 0.2) is 47.7 Å². The SMILES string of the molecule is Cc1ccn(Cc2ccccc2)c1N=[N+]=[N-]. The van der Waals surface area contributed by atoms with E-state index in [9.17, 15) is 0 Å². The maximum absolute atomic E-state index is 8.50. The van der Waals surface area contributed by atoms with Gasteiger partial charge in [-0.2, -0.15) is 0 Å². The van der Waals surface area contributed by atoms with Gasteiger partial charge in [-0.05, 0) is 34.8 Å². The largest absolute Gasteiger partial charge is 0.341 e. The topological polar surface area (TPSA) is 53.7 Å². The van der Waals surface area contributed by atoms with Gasteiger partial charge in [0.05, 0.1) is 0 Å². The number of rotatable bonds is 3. The highest BCUT2D eigenvalue weighted by atomic mass is 15.2. The van der Waals surface area contributed by atoms with Gasteiger partial charge in [-0.15, -0.1) is 0 Å². The number of azide groups is 1. The summed E-state index contributed by atoms with van der Waals surface area (Å²) in [6.45, 7) is 2.66. The second-order valence-electron chi connectivity index (χ2n) is 3.63. The van der Waals surface area contributed by atoms with E-state index in [0.717, 1.165) is 12.1 Å². The Hall–Kier alpha value is -2.19. The molecule has 16 heavy (non-hydrogen) atoms. The Balaban J connectivity index is 2.32. The summed E-state index contributed by atoms with van der Waals surface area (Å²) < 4.78 is 1.95. The second-order valence-corrected chi connectivity index (χ2v) is 3.63. The third-order valence-corrected chi connectivity index (χ3v) is 2.46. The molecule has 0 N–H and O–H groups in total. The van der Waals surface area contributed by atoms with Gasteiger partial charge in [-0.1, -0.05) is 30.3 Å². The number of aromatic nitrogens is 1. The quantitative estimate of drug-likeness (QED) is 0.422. The molecule has 1 aromatic carbocycles. The predicted molar refractivity (Wildman–Crippen MR) is 63.5 cm³/mol. The van der Waals surface area contributed by atoms with Gasteiger partial charge in [0.25, 0.3) is 0 Å². The molecule has 0 spiro atoms. The van der Waals surface area contributed by atoms with Gasteiger partial charge < -0.3 is 4.57 Å². The first kappa shape index (κ1) is 10.3. The molecule has 0 fully saturated rings. The van der Waals surface area contributed by atoms with Crippen LogP contribution < -0.4 is 0 Å². The monoisotopic (exact) mass is 212 g/mol. The number of hydrogen-bond donors (Lipinski definition) is 0. The summed E-state index contributed by atoms with van der Waals surface area (Å²) in [6, 6.07) is 12.0. The van der Waals surface area contributed by atoms with Crippen LogP contribution in [-0.4, -0.2) is 4.57 Å². The van der Waals surface area contributed by atoms with Crippen molar-refractivity contribution >= 4 is 5.82 Å². The Morgan fingerprint density at radius 2 is 2.00 bits per heavy atom. The normalized spacial score (nSPS) is 9.81. The fourth-order valence-corrected chi connectivity index (χ4v) is 1.66. The van der Waals surface area contributed by atoms with Crippen LogP contribution in [0.25, 0.3) is 10.4 Å². The molecule has 0 aliphatic rings. The highest BCUT2D eigenvalue weighted by molar-refractivity contribution is 5.40. The zero-order valence-corrected chi connectivity index (χ0v) is 9.04. The number of aryl methyl sites for hydroxylation is 1. The van der Waals surface area contributed by atoms with E-state index in [2.05, 4.69) is 22.2 Å². The van der Waals surface area contributed by atoms with Gasteiger partial charge in [-0.25, -0.2) is 0 Å². The molecule has 0 aliphatic heterocycles. The Morgan fingerprint density at radius 1 is 1.25 bits per heavy atom. The first-order chi connectivity index (χ1) is 7.81. The molecule has 4 heteroatoms. The zero-order chi connectivity index (χ0) is 11.4. The van der Waals surface area contributed by atoms with Crippen molar-refractivity contribution in [3.05, 3.63) is 64.2 Å². The Bertz CT molecular complexity index is 521. The summed E-state index contributed by atoms with van der Waals surface area (Å²) in [5.41, 5.74) is 10.7. The third kappa shape index (κ3) is 2.07. The maximum atomic E-state index is 8.50. The maximum Gasteiger partial charge on any atom is 0.108 e. The summed E-state index contributed by atoms with van der Waals surface area (Å²) in [7, 11) is 0. The minimum Gasteiger partial charge on any atom is -0.341 e. The molecule has 2 rings (SSSR count). The second kappa shape index (κ2) is 4.55. The average Bonchev–Trinajstić information content (AvgIpc) is 2.64. The molecule has 80 valence electrons. The first-order valence-corrected chi connectivity index (χ1v) is 5.06. The van der Waals surface area contributed by atoms with Gasteiger partial charge in [0.1, 0.15) is 5.82 Å². The average molecular weight is 212 g/mol. The van der Waals surface area contributed by atoms with Crippen molar-refractivity contribution in [3.63, 3.8) is 0 Å². The van der Waals surface area contributed by atoms with E-state index >= 15 is 0 Å². The minimum atomic E-state index is 0.686. The van der Waals surface area contributed by atoms with E-state index in [1.54, 1.807) is 0 Å². The standard InChI is InChI=1S/C12H12N4/c1-10-7-8-16(12(10)14-15-13)9-11-5-3-2-4-6-11/h2-8H,9H2,1H3. The highest BCUT2D eigenvalue weighted by Gasteiger charge is 2.03. The van der Waals surface area contributed by atoms with Crippen molar-refractivity contribution < 1.29 is 0 Å². The fourth-order valence-electron chi connectivity index (χ4n) is 1.66. The Kier molecular flexibility index (Phi) is 2.94. The van der Waals surface area contributed by atoms with Gasteiger partial charge in [0.15, 0.2) is 0 Å². The fraction of sp³-hybridized carbons (Fsp3) is 0.167. The molecule has 0 atom stereocenters. The molecule has 0 saturated carbocycles. The lowest BCUT2D eigenvalue weighted by molar-refractivity contribution is 0.805.